The van der Waals surface area contributed by atoms with Gasteiger partial charge >= 0.3 is 12.1 Å². The highest BCUT2D eigenvalue weighted by Gasteiger charge is 2.59. The molecule has 0 saturated heterocycles. The van der Waals surface area contributed by atoms with Crippen molar-refractivity contribution in [2.45, 2.75) is 37.8 Å². The minimum Gasteiger partial charge on any atom is -0.475 e. The van der Waals surface area contributed by atoms with Gasteiger partial charge in [-0.05, 0) is 19.4 Å². The molecule has 0 atom stereocenters. The van der Waals surface area contributed by atoms with Crippen molar-refractivity contribution in [3.05, 3.63) is 0 Å². The van der Waals surface area contributed by atoms with Gasteiger partial charge in [0, 0.05) is 19.9 Å². The van der Waals surface area contributed by atoms with Gasteiger partial charge in [0.25, 0.3) is 0 Å². The second-order valence-electron chi connectivity index (χ2n) is 4.76. The Labute approximate surface area is 117 Å². The summed E-state index contributed by atoms with van der Waals surface area (Å²) in [6.45, 7) is 0.435. The summed E-state index contributed by atoms with van der Waals surface area (Å²) in [7, 11) is 1.48. The van der Waals surface area contributed by atoms with Gasteiger partial charge in [-0.3, -0.25) is 4.79 Å². The van der Waals surface area contributed by atoms with E-state index in [-0.39, 0.29) is 18.7 Å². The zero-order chi connectivity index (χ0) is 16.9. The molecular weight excluding hydrogens is 303 g/mol. The number of carbonyl (C=O) groups excluding carboxylic acids is 1. The molecule has 1 saturated carbocycles. The van der Waals surface area contributed by atoms with Crippen LogP contribution in [0.3, 0.4) is 0 Å². The Hall–Kier alpha value is -1.45. The van der Waals surface area contributed by atoms with Crippen LogP contribution in [0.2, 0.25) is 0 Å². The number of rotatable bonds is 4. The monoisotopic (exact) mass is 320 g/mol. The van der Waals surface area contributed by atoms with E-state index in [1.165, 1.54) is 7.05 Å². The zero-order valence-electron chi connectivity index (χ0n) is 11.3. The molecule has 0 unspecified atom stereocenters. The first-order chi connectivity index (χ1) is 9.40. The van der Waals surface area contributed by atoms with Crippen LogP contribution in [-0.4, -0.2) is 42.7 Å². The predicted octanol–water partition coefficient (Wildman–Crippen LogP) is 1.52. The van der Waals surface area contributed by atoms with E-state index < -0.39 is 23.5 Å². The van der Waals surface area contributed by atoms with Crippen molar-refractivity contribution in [1.29, 1.82) is 0 Å². The standard InChI is InChI=1S/C9H16F2N2O.C2HF3O2/c1-13-7(14)8(3-2-4-12)5-9(10,11)6-8;3-2(4,5)1(6)7/h2-6,12H2,1H3,(H,13,14);(H,6,7). The first-order valence-corrected chi connectivity index (χ1v) is 6.00. The molecule has 0 aromatic heterocycles. The Kier molecular flexibility index (Phi) is 6.53. The third kappa shape index (κ3) is 5.82. The van der Waals surface area contributed by atoms with E-state index >= 15 is 0 Å². The highest BCUT2D eigenvalue weighted by atomic mass is 19.4. The molecule has 0 bridgehead atoms. The lowest BCUT2D eigenvalue weighted by atomic mass is 9.63. The van der Waals surface area contributed by atoms with E-state index in [1.54, 1.807) is 0 Å². The Morgan fingerprint density at radius 2 is 1.71 bits per heavy atom. The summed E-state index contributed by atoms with van der Waals surface area (Å²) in [6.07, 6.45) is -4.68. The van der Waals surface area contributed by atoms with Crippen molar-refractivity contribution >= 4 is 11.9 Å². The van der Waals surface area contributed by atoms with Gasteiger partial charge in [-0.1, -0.05) is 0 Å². The highest BCUT2D eigenvalue weighted by molar-refractivity contribution is 5.83. The Morgan fingerprint density at radius 3 is 1.95 bits per heavy atom. The molecule has 1 fully saturated rings. The number of halogens is 5. The molecule has 21 heavy (non-hydrogen) atoms. The van der Waals surface area contributed by atoms with Crippen LogP contribution in [0, 0.1) is 5.41 Å². The number of hydrogen-bond acceptors (Lipinski definition) is 3. The molecule has 1 aliphatic carbocycles. The van der Waals surface area contributed by atoms with Crippen molar-refractivity contribution in [3.8, 4) is 0 Å². The van der Waals surface area contributed by atoms with Crippen LogP contribution < -0.4 is 11.1 Å². The van der Waals surface area contributed by atoms with E-state index in [9.17, 15) is 26.7 Å². The minimum atomic E-state index is -5.08. The zero-order valence-corrected chi connectivity index (χ0v) is 11.3. The summed E-state index contributed by atoms with van der Waals surface area (Å²) >= 11 is 0. The Morgan fingerprint density at radius 1 is 1.29 bits per heavy atom. The number of carboxylic acids is 1. The maximum atomic E-state index is 12.7. The summed E-state index contributed by atoms with van der Waals surface area (Å²) in [6, 6.07) is 0. The van der Waals surface area contributed by atoms with Gasteiger partial charge in [0.2, 0.25) is 11.8 Å². The molecule has 1 amide bonds. The predicted molar refractivity (Wildman–Crippen MR) is 62.7 cm³/mol. The van der Waals surface area contributed by atoms with Crippen LogP contribution in [0.1, 0.15) is 25.7 Å². The van der Waals surface area contributed by atoms with Crippen molar-refractivity contribution in [2.24, 2.45) is 11.1 Å². The molecule has 1 aliphatic rings. The van der Waals surface area contributed by atoms with Crippen LogP contribution in [0.5, 0.6) is 0 Å². The Balaban J connectivity index is 0.000000486. The van der Waals surface area contributed by atoms with Crippen molar-refractivity contribution in [1.82, 2.24) is 5.32 Å². The van der Waals surface area contributed by atoms with Crippen LogP contribution in [0.4, 0.5) is 22.0 Å². The summed E-state index contributed by atoms with van der Waals surface area (Å²) in [5, 5.41) is 9.57. The molecule has 5 nitrogen and oxygen atoms in total. The van der Waals surface area contributed by atoms with E-state index in [0.29, 0.717) is 19.4 Å². The maximum Gasteiger partial charge on any atom is 0.490 e. The fraction of sp³-hybridized carbons (Fsp3) is 0.818. The third-order valence-electron chi connectivity index (χ3n) is 3.00. The molecule has 4 N–H and O–H groups in total. The first-order valence-electron chi connectivity index (χ1n) is 6.00. The molecule has 0 aliphatic heterocycles. The van der Waals surface area contributed by atoms with E-state index in [0.717, 1.165) is 0 Å². The quantitative estimate of drug-likeness (QED) is 0.685. The number of nitrogens with one attached hydrogen (secondary N) is 1. The average Bonchev–Trinajstić information content (AvgIpc) is 2.31. The first kappa shape index (κ1) is 19.6. The molecule has 1 rings (SSSR count). The van der Waals surface area contributed by atoms with E-state index in [4.69, 9.17) is 15.6 Å². The topological polar surface area (TPSA) is 92.4 Å². The fourth-order valence-corrected chi connectivity index (χ4v) is 2.09. The number of hydrogen-bond donors (Lipinski definition) is 3. The summed E-state index contributed by atoms with van der Waals surface area (Å²) in [4.78, 5) is 20.3. The van der Waals surface area contributed by atoms with Gasteiger partial charge in [-0.15, -0.1) is 0 Å². The van der Waals surface area contributed by atoms with Gasteiger partial charge in [-0.2, -0.15) is 13.2 Å². The molecule has 0 heterocycles. The van der Waals surface area contributed by atoms with Crippen molar-refractivity contribution < 1.29 is 36.6 Å². The van der Waals surface area contributed by atoms with Gasteiger partial charge in [0.05, 0.1) is 5.41 Å². The summed E-state index contributed by atoms with van der Waals surface area (Å²) < 4.78 is 57.2. The fourth-order valence-electron chi connectivity index (χ4n) is 2.09. The summed E-state index contributed by atoms with van der Waals surface area (Å²) in [5.74, 6) is -5.70. The van der Waals surface area contributed by atoms with Crippen LogP contribution in [-0.2, 0) is 9.59 Å². The van der Waals surface area contributed by atoms with Gasteiger partial charge in [0.1, 0.15) is 0 Å². The number of aliphatic carboxylic acids is 1. The normalized spacial score (nSPS) is 18.8. The lowest BCUT2D eigenvalue weighted by Crippen LogP contribution is -2.54. The minimum absolute atomic E-state index is 0.281. The van der Waals surface area contributed by atoms with Crippen LogP contribution in [0.25, 0.3) is 0 Å². The average molecular weight is 320 g/mol. The van der Waals surface area contributed by atoms with Gasteiger partial charge in [-0.25, -0.2) is 13.6 Å². The molecule has 124 valence electrons. The van der Waals surface area contributed by atoms with Crippen molar-refractivity contribution in [3.63, 3.8) is 0 Å². The van der Waals surface area contributed by atoms with Gasteiger partial charge < -0.3 is 16.2 Å². The third-order valence-corrected chi connectivity index (χ3v) is 3.00. The SMILES string of the molecule is CNC(=O)C1(CCCN)CC(F)(F)C1.O=C(O)C(F)(F)F. The number of nitrogens with two attached hydrogens (primary N) is 1. The summed E-state index contributed by atoms with van der Waals surface area (Å²) in [5.41, 5.74) is 4.44. The lowest BCUT2D eigenvalue weighted by Gasteiger charge is -2.45. The number of amides is 1. The number of carbonyl (C=O) groups is 2. The maximum absolute atomic E-state index is 12.7. The smallest absolute Gasteiger partial charge is 0.475 e. The molecule has 0 aromatic rings. The highest BCUT2D eigenvalue weighted by Crippen LogP contribution is 2.54. The second kappa shape index (κ2) is 7.01. The van der Waals surface area contributed by atoms with E-state index in [1.807, 2.05) is 0 Å². The molecule has 0 radical (unpaired) electrons. The van der Waals surface area contributed by atoms with E-state index in [2.05, 4.69) is 5.32 Å². The van der Waals surface area contributed by atoms with Gasteiger partial charge in [0.15, 0.2) is 0 Å². The van der Waals surface area contributed by atoms with Crippen molar-refractivity contribution in [2.75, 3.05) is 13.6 Å². The molecule has 0 aromatic carbocycles. The molecule has 10 heteroatoms. The van der Waals surface area contributed by atoms with Crippen LogP contribution in [0.15, 0.2) is 0 Å². The lowest BCUT2D eigenvalue weighted by molar-refractivity contribution is -0.192. The molecule has 0 spiro atoms. The van der Waals surface area contributed by atoms with Crippen LogP contribution >= 0.6 is 0 Å². The second-order valence-corrected chi connectivity index (χ2v) is 4.76. The number of alkyl halides is 5. The number of carboxylic acid groups (broad SMARTS) is 1. The molecular formula is C11H17F5N2O3. The largest absolute Gasteiger partial charge is 0.490 e. The Bertz CT molecular complexity index is 377.